The molecule has 114 valence electrons. The Kier molecular flexibility index (Phi) is 4.80. The van der Waals surface area contributed by atoms with Gasteiger partial charge in [0.05, 0.1) is 40.2 Å². The first-order chi connectivity index (χ1) is 10.3. The van der Waals surface area contributed by atoms with Gasteiger partial charge in [-0.05, 0) is 0 Å². The second-order valence-corrected chi connectivity index (χ2v) is 7.45. The van der Waals surface area contributed by atoms with Crippen LogP contribution in [0.25, 0.3) is 21.5 Å². The van der Waals surface area contributed by atoms with E-state index in [1.54, 1.807) is 12.1 Å². The molecule has 0 atom stereocenters. The van der Waals surface area contributed by atoms with Crippen molar-refractivity contribution in [3.05, 3.63) is 52.3 Å². The van der Waals surface area contributed by atoms with Gasteiger partial charge in [0.15, 0.2) is 0 Å². The Balaban J connectivity index is 2.74. The minimum atomic E-state index is 0.131. The lowest BCUT2D eigenvalue weighted by Crippen LogP contribution is -1.88. The van der Waals surface area contributed by atoms with Gasteiger partial charge < -0.3 is 0 Å². The SMILES string of the molecule is Clc1c(Cl)c(Cl)c2c(ccc3c(Cl)c(Cl)c(Cl)c(Cl)c32)c1Cl. The molecule has 0 fully saturated rings. The summed E-state index contributed by atoms with van der Waals surface area (Å²) < 4.78 is 0. The standard InChI is InChI=1S/C14H2Cl8/c15-7-3-1-2-4-6(5(3)9(17)13(21)11(7)19)10(18)14(22)12(20)8(4)16/h1-2H. The van der Waals surface area contributed by atoms with Gasteiger partial charge in [-0.25, -0.2) is 0 Å². The summed E-state index contributed by atoms with van der Waals surface area (Å²) in [5.74, 6) is 0. The van der Waals surface area contributed by atoms with Gasteiger partial charge in [-0.2, -0.15) is 0 Å². The van der Waals surface area contributed by atoms with E-state index in [0.29, 0.717) is 21.5 Å². The number of rotatable bonds is 0. The summed E-state index contributed by atoms with van der Waals surface area (Å²) in [7, 11) is 0. The van der Waals surface area contributed by atoms with Crippen LogP contribution >= 0.6 is 92.8 Å². The molecule has 0 unspecified atom stereocenters. The maximum absolute atomic E-state index is 6.35. The number of fused-ring (bicyclic) bond motifs is 3. The van der Waals surface area contributed by atoms with Crippen LogP contribution in [0.4, 0.5) is 0 Å². The lowest BCUT2D eigenvalue weighted by atomic mass is 10.0. The van der Waals surface area contributed by atoms with E-state index in [1.807, 2.05) is 0 Å². The van der Waals surface area contributed by atoms with E-state index in [-0.39, 0.29) is 40.2 Å². The molecule has 0 saturated carbocycles. The number of benzene rings is 3. The van der Waals surface area contributed by atoms with Gasteiger partial charge in [-0.1, -0.05) is 105 Å². The molecule has 0 amide bonds. The van der Waals surface area contributed by atoms with Crippen molar-refractivity contribution in [1.29, 1.82) is 0 Å². The maximum Gasteiger partial charge on any atom is 0.0800 e. The van der Waals surface area contributed by atoms with Crippen LogP contribution < -0.4 is 0 Å². The average Bonchev–Trinajstić information content (AvgIpc) is 2.52. The third-order valence-corrected chi connectivity index (χ3v) is 6.91. The van der Waals surface area contributed by atoms with Crippen LogP contribution in [-0.4, -0.2) is 0 Å². The van der Waals surface area contributed by atoms with Gasteiger partial charge in [-0.15, -0.1) is 0 Å². The Morgan fingerprint density at radius 2 is 0.636 bits per heavy atom. The highest BCUT2D eigenvalue weighted by Crippen LogP contribution is 2.50. The molecule has 0 aromatic heterocycles. The summed E-state index contributed by atoms with van der Waals surface area (Å²) in [5.41, 5.74) is 0. The lowest BCUT2D eigenvalue weighted by molar-refractivity contribution is 1.75. The summed E-state index contributed by atoms with van der Waals surface area (Å²) in [4.78, 5) is 0. The fourth-order valence-corrected chi connectivity index (χ4v) is 4.32. The molecule has 0 aliphatic carbocycles. The van der Waals surface area contributed by atoms with Crippen molar-refractivity contribution in [2.24, 2.45) is 0 Å². The van der Waals surface area contributed by atoms with E-state index in [2.05, 4.69) is 0 Å². The van der Waals surface area contributed by atoms with Crippen molar-refractivity contribution >= 4 is 114 Å². The van der Waals surface area contributed by atoms with E-state index >= 15 is 0 Å². The summed E-state index contributed by atoms with van der Waals surface area (Å²) in [5, 5.41) is 3.78. The predicted octanol–water partition coefficient (Wildman–Crippen LogP) is 9.22. The summed E-state index contributed by atoms with van der Waals surface area (Å²) in [6, 6.07) is 3.45. The van der Waals surface area contributed by atoms with E-state index in [4.69, 9.17) is 92.8 Å². The van der Waals surface area contributed by atoms with Crippen LogP contribution in [0.3, 0.4) is 0 Å². The maximum atomic E-state index is 6.35. The monoisotopic (exact) mass is 450 g/mol. The minimum absolute atomic E-state index is 0.131. The van der Waals surface area contributed by atoms with Gasteiger partial charge in [0.2, 0.25) is 0 Å². The van der Waals surface area contributed by atoms with Crippen molar-refractivity contribution in [3.8, 4) is 0 Å². The van der Waals surface area contributed by atoms with Crippen LogP contribution in [-0.2, 0) is 0 Å². The topological polar surface area (TPSA) is 0 Å². The van der Waals surface area contributed by atoms with Crippen molar-refractivity contribution in [2.75, 3.05) is 0 Å². The van der Waals surface area contributed by atoms with E-state index in [0.717, 1.165) is 0 Å². The van der Waals surface area contributed by atoms with Crippen molar-refractivity contribution in [2.45, 2.75) is 0 Å². The van der Waals surface area contributed by atoms with Crippen LogP contribution in [0.2, 0.25) is 40.2 Å². The first-order valence-electron chi connectivity index (χ1n) is 5.67. The van der Waals surface area contributed by atoms with Crippen molar-refractivity contribution in [1.82, 2.24) is 0 Å². The molecule has 22 heavy (non-hydrogen) atoms. The molecule has 0 aliphatic heterocycles. The molecule has 0 heterocycles. The molecule has 3 aromatic rings. The van der Waals surface area contributed by atoms with E-state index in [1.165, 1.54) is 0 Å². The van der Waals surface area contributed by atoms with Crippen molar-refractivity contribution < 1.29 is 0 Å². The summed E-state index contributed by atoms with van der Waals surface area (Å²) in [6.07, 6.45) is 0. The highest BCUT2D eigenvalue weighted by atomic mass is 35.5. The highest BCUT2D eigenvalue weighted by molar-refractivity contribution is 6.59. The zero-order valence-corrected chi connectivity index (χ0v) is 16.2. The zero-order valence-electron chi connectivity index (χ0n) is 10.2. The fraction of sp³-hybridized carbons (Fsp3) is 0. The Hall–Kier alpha value is 0.500. The normalized spacial score (nSPS) is 11.6. The second-order valence-electron chi connectivity index (χ2n) is 4.42. The third-order valence-electron chi connectivity index (χ3n) is 3.27. The van der Waals surface area contributed by atoms with Crippen LogP contribution in [0, 0.1) is 0 Å². The summed E-state index contributed by atoms with van der Waals surface area (Å²) in [6.45, 7) is 0. The summed E-state index contributed by atoms with van der Waals surface area (Å²) >= 11 is 49.7. The molecule has 3 rings (SSSR count). The Morgan fingerprint density at radius 3 is 0.955 bits per heavy atom. The highest BCUT2D eigenvalue weighted by Gasteiger charge is 2.22. The van der Waals surface area contributed by atoms with Crippen molar-refractivity contribution in [3.63, 3.8) is 0 Å². The third kappa shape index (κ3) is 2.36. The predicted molar refractivity (Wildman–Crippen MR) is 102 cm³/mol. The van der Waals surface area contributed by atoms with E-state index < -0.39 is 0 Å². The molecular formula is C14H2Cl8. The second kappa shape index (κ2) is 6.10. The molecule has 0 spiro atoms. The van der Waals surface area contributed by atoms with Gasteiger partial charge in [-0.3, -0.25) is 0 Å². The number of halogens is 8. The minimum Gasteiger partial charge on any atom is -0.0820 e. The first-order valence-corrected chi connectivity index (χ1v) is 8.70. The molecule has 0 nitrogen and oxygen atoms in total. The zero-order chi connectivity index (χ0) is 16.3. The number of hydrogen-bond donors (Lipinski definition) is 0. The van der Waals surface area contributed by atoms with Gasteiger partial charge in [0, 0.05) is 21.5 Å². The molecule has 8 heteroatoms. The Morgan fingerprint density at radius 1 is 0.364 bits per heavy atom. The molecule has 0 radical (unpaired) electrons. The molecule has 0 bridgehead atoms. The molecule has 0 N–H and O–H groups in total. The Bertz CT molecular complexity index is 882. The number of hydrogen-bond acceptors (Lipinski definition) is 0. The fourth-order valence-electron chi connectivity index (χ4n) is 2.27. The largest absolute Gasteiger partial charge is 0.0820 e. The Labute approximate surface area is 165 Å². The average molecular weight is 454 g/mol. The van der Waals surface area contributed by atoms with Crippen LogP contribution in [0.5, 0.6) is 0 Å². The molecule has 3 aromatic carbocycles. The first kappa shape index (κ1) is 17.3. The van der Waals surface area contributed by atoms with E-state index in [9.17, 15) is 0 Å². The van der Waals surface area contributed by atoms with Gasteiger partial charge >= 0.3 is 0 Å². The quantitative estimate of drug-likeness (QED) is 0.181. The van der Waals surface area contributed by atoms with Crippen LogP contribution in [0.15, 0.2) is 12.1 Å². The molecule has 0 aliphatic rings. The molecule has 0 saturated heterocycles. The smallest absolute Gasteiger partial charge is 0.0800 e. The van der Waals surface area contributed by atoms with Gasteiger partial charge in [0.25, 0.3) is 0 Å². The molecular weight excluding hydrogens is 452 g/mol. The lowest BCUT2D eigenvalue weighted by Gasteiger charge is -2.15. The van der Waals surface area contributed by atoms with Crippen LogP contribution in [0.1, 0.15) is 0 Å². The van der Waals surface area contributed by atoms with Gasteiger partial charge in [0.1, 0.15) is 0 Å².